The van der Waals surface area contributed by atoms with Crippen LogP contribution in [0.25, 0.3) is 21.5 Å². The molecule has 0 spiro atoms. The van der Waals surface area contributed by atoms with Gasteiger partial charge in [-0.3, -0.25) is 0 Å². The first-order chi connectivity index (χ1) is 28.0. The van der Waals surface area contributed by atoms with E-state index in [9.17, 15) is 0 Å². The van der Waals surface area contributed by atoms with Crippen LogP contribution in [0.3, 0.4) is 0 Å². The van der Waals surface area contributed by atoms with Crippen molar-refractivity contribution in [2.75, 3.05) is 5.32 Å². The first-order valence-corrected chi connectivity index (χ1v) is 23.9. The second-order valence-electron chi connectivity index (χ2n) is 14.5. The maximum atomic E-state index is 5.67. The van der Waals surface area contributed by atoms with E-state index in [1.54, 1.807) is 23.5 Å². The Kier molecular flexibility index (Phi) is 7.64. The van der Waals surface area contributed by atoms with E-state index in [-0.39, 0.29) is 0 Å². The second kappa shape index (κ2) is 13.0. The summed E-state index contributed by atoms with van der Waals surface area (Å²) in [7, 11) is 0. The van der Waals surface area contributed by atoms with Crippen molar-refractivity contribution < 1.29 is 0 Å². The number of anilines is 1. The first-order valence-electron chi connectivity index (χ1n) is 18.8. The Hall–Kier alpha value is -5.57. The SMILES string of the molecule is Cc1ccc(Sc2ccc(Sc3ccc(C)cc3)c3c2C2=NC3Nc3c4ccccc4c4[n]3[Pb][n]3c(c5ccccc5c3=N2)=NC2=NC(=N4)c3ccccc32)cc1. The third kappa shape index (κ3) is 5.37. The van der Waals surface area contributed by atoms with Gasteiger partial charge < -0.3 is 0 Å². The molecule has 0 aliphatic carbocycles. The van der Waals surface area contributed by atoms with Gasteiger partial charge in [-0.15, -0.1) is 0 Å². The number of rotatable bonds is 4. The van der Waals surface area contributed by atoms with Crippen LogP contribution in [0.2, 0.25) is 0 Å². The predicted molar refractivity (Wildman–Crippen MR) is 232 cm³/mol. The van der Waals surface area contributed by atoms with E-state index in [4.69, 9.17) is 25.0 Å². The third-order valence-electron chi connectivity index (χ3n) is 10.8. The molecule has 1 N–H and O–H groups in total. The molecule has 11 heteroatoms. The van der Waals surface area contributed by atoms with Crippen LogP contribution in [0.15, 0.2) is 178 Å². The Bertz CT molecular complexity index is 3270. The molecular formula is C46H30N8PbS2. The van der Waals surface area contributed by atoms with Crippen LogP contribution in [0.5, 0.6) is 0 Å². The fourth-order valence-electron chi connectivity index (χ4n) is 8.07. The predicted octanol–water partition coefficient (Wildman–Crippen LogP) is 9.42. The van der Waals surface area contributed by atoms with Crippen LogP contribution in [-0.4, -0.2) is 47.1 Å². The van der Waals surface area contributed by atoms with Crippen LogP contribution in [-0.2, 0) is 0 Å². The van der Waals surface area contributed by atoms with E-state index >= 15 is 0 Å². The topological polar surface area (TPSA) is 83.7 Å². The summed E-state index contributed by atoms with van der Waals surface area (Å²) in [4.78, 5) is 31.8. The van der Waals surface area contributed by atoms with Gasteiger partial charge in [0.15, 0.2) is 0 Å². The Morgan fingerprint density at radius 1 is 0.526 bits per heavy atom. The van der Waals surface area contributed by atoms with E-state index in [0.29, 0.717) is 11.7 Å². The molecule has 6 bridgehead atoms. The number of amidine groups is 3. The quantitative estimate of drug-likeness (QED) is 0.179. The number of aliphatic imine (C=N–C) groups is 3. The summed E-state index contributed by atoms with van der Waals surface area (Å²) in [5.41, 5.74) is 8.41. The molecule has 0 fully saturated rings. The average molecular weight is 966 g/mol. The summed E-state index contributed by atoms with van der Waals surface area (Å²) in [5.74, 6) is 4.01. The Balaban J connectivity index is 1.19. The number of aryl methyl sites for hydroxylation is 2. The number of aromatic nitrogens is 2. The molecule has 8 aromatic rings. The van der Waals surface area contributed by atoms with Crippen molar-refractivity contribution in [2.45, 2.75) is 39.6 Å². The van der Waals surface area contributed by atoms with E-state index in [1.165, 1.54) is 20.9 Å². The monoisotopic (exact) mass is 966 g/mol. The molecule has 0 amide bonds. The molecule has 6 aromatic carbocycles. The normalized spacial score (nSPS) is 15.8. The fraction of sp³-hybridized carbons (Fsp3) is 0.0652. The molecule has 57 heavy (non-hydrogen) atoms. The van der Waals surface area contributed by atoms with Crippen molar-refractivity contribution in [3.8, 4) is 0 Å². The summed E-state index contributed by atoms with van der Waals surface area (Å²) in [6.45, 7) is 4.26. The van der Waals surface area contributed by atoms with Gasteiger partial charge in [0.2, 0.25) is 0 Å². The molecule has 0 saturated heterocycles. The maximum absolute atomic E-state index is 5.67. The van der Waals surface area contributed by atoms with Crippen molar-refractivity contribution in [1.29, 1.82) is 0 Å². The van der Waals surface area contributed by atoms with Crippen LogP contribution in [0.4, 0.5) is 11.6 Å². The fourth-order valence-corrected chi connectivity index (χ4v) is 15.0. The Labute approximate surface area is 349 Å². The third-order valence-corrected chi connectivity index (χ3v) is 17.9. The van der Waals surface area contributed by atoms with Crippen LogP contribution < -0.4 is 16.3 Å². The zero-order valence-corrected chi connectivity index (χ0v) is 36.2. The van der Waals surface area contributed by atoms with Crippen molar-refractivity contribution in [3.63, 3.8) is 0 Å². The standard InChI is InChI=1S/C46H30N8S2.Pb/c1-25-15-19-27(20-16-25)55-35-23-24-36(56-28-21-17-26(2)18-22-28)38-37(35)45-52-43-33-13-7-5-11-31(33)41(50-43)48-39-29-9-3-4-10-30(29)40(47-39)49-42-32-12-6-8-14-34(32)44(51-42)53-46(38)54-45;/h3-24,45,52H,1-2H3;/q-2;+2. The van der Waals surface area contributed by atoms with Gasteiger partial charge in [0, 0.05) is 0 Å². The van der Waals surface area contributed by atoms with Crippen molar-refractivity contribution in [1.82, 2.24) is 4.75 Å². The number of benzene rings is 6. The van der Waals surface area contributed by atoms with Gasteiger partial charge in [0.05, 0.1) is 0 Å². The zero-order chi connectivity index (χ0) is 37.8. The molecule has 1 atom stereocenters. The summed E-state index contributed by atoms with van der Waals surface area (Å²) < 4.78 is 4.88. The van der Waals surface area contributed by atoms with Crippen LogP contribution in [0, 0.1) is 13.8 Å². The number of nitrogens with one attached hydrogen (secondary N) is 1. The van der Waals surface area contributed by atoms with Crippen LogP contribution >= 0.6 is 23.5 Å². The van der Waals surface area contributed by atoms with Gasteiger partial charge in [-0.05, 0) is 0 Å². The Morgan fingerprint density at radius 3 is 1.74 bits per heavy atom. The van der Waals surface area contributed by atoms with Gasteiger partial charge in [0.25, 0.3) is 0 Å². The van der Waals surface area contributed by atoms with Gasteiger partial charge in [-0.1, -0.05) is 0 Å². The van der Waals surface area contributed by atoms with Crippen molar-refractivity contribution in [3.05, 3.63) is 178 Å². The molecule has 2 radical (unpaired) electrons. The summed E-state index contributed by atoms with van der Waals surface area (Å²) >= 11 is 1.37. The van der Waals surface area contributed by atoms with Gasteiger partial charge >= 0.3 is 351 Å². The minimum atomic E-state index is -2.18. The van der Waals surface area contributed by atoms with Gasteiger partial charge in [-0.2, -0.15) is 0 Å². The zero-order valence-electron chi connectivity index (χ0n) is 30.7. The van der Waals surface area contributed by atoms with E-state index in [0.717, 1.165) is 82.0 Å². The molecule has 2 aromatic heterocycles. The van der Waals surface area contributed by atoms with Gasteiger partial charge in [-0.25, -0.2) is 0 Å². The molecule has 8 nitrogen and oxygen atoms in total. The second-order valence-corrected chi connectivity index (χ2v) is 21.0. The molecule has 4 aliphatic heterocycles. The number of nitrogens with zero attached hydrogens (tertiary/aromatic N) is 7. The van der Waals surface area contributed by atoms with E-state index < -0.39 is 31.0 Å². The van der Waals surface area contributed by atoms with Crippen LogP contribution in [0.1, 0.15) is 39.5 Å². The molecule has 270 valence electrons. The van der Waals surface area contributed by atoms with Gasteiger partial charge in [0.1, 0.15) is 0 Å². The summed E-state index contributed by atoms with van der Waals surface area (Å²) in [5, 5.41) is 8.33. The summed E-state index contributed by atoms with van der Waals surface area (Å²) in [6.07, 6.45) is -0.395. The molecule has 4 aliphatic rings. The molecule has 1 unspecified atom stereocenters. The number of fused-ring (bicyclic) bond motifs is 14. The molecule has 12 rings (SSSR count). The number of hydrogen-bond acceptors (Lipinski definition) is 8. The number of hydrogen-bond donors (Lipinski definition) is 1. The first kappa shape index (κ1) is 33.6. The Morgan fingerprint density at radius 2 is 1.07 bits per heavy atom. The molecular weight excluding hydrogens is 936 g/mol. The molecule has 0 saturated carbocycles. The average Bonchev–Trinajstić information content (AvgIpc) is 3.94. The van der Waals surface area contributed by atoms with E-state index in [2.05, 4.69) is 157 Å². The summed E-state index contributed by atoms with van der Waals surface area (Å²) in [6, 6.07) is 47.5. The van der Waals surface area contributed by atoms with Crippen molar-refractivity contribution >= 4 is 99.0 Å². The van der Waals surface area contributed by atoms with Crippen molar-refractivity contribution in [2.24, 2.45) is 25.0 Å². The minimum absolute atomic E-state index is 0.395. The van der Waals surface area contributed by atoms with E-state index in [1.807, 2.05) is 0 Å². The molecule has 6 heterocycles.